The Hall–Kier alpha value is -3.15. The predicted molar refractivity (Wildman–Crippen MR) is 89.4 cm³/mol. The SMILES string of the molecule is CC(Nc1ncnc2ccccc12)C(=O)Nc1ccc(O)cc1. The first-order valence-corrected chi connectivity index (χ1v) is 7.19. The number of nitrogens with zero attached hydrogens (tertiary/aromatic N) is 2. The molecule has 2 aromatic carbocycles. The maximum atomic E-state index is 12.3. The molecule has 0 fully saturated rings. The molecule has 0 aliphatic rings. The van der Waals surface area contributed by atoms with Crippen molar-refractivity contribution in [3.63, 3.8) is 0 Å². The lowest BCUT2D eigenvalue weighted by atomic mass is 10.2. The zero-order valence-corrected chi connectivity index (χ0v) is 12.5. The molecule has 23 heavy (non-hydrogen) atoms. The number of aromatic hydroxyl groups is 1. The molecule has 1 aromatic heterocycles. The molecule has 3 N–H and O–H groups in total. The number of amides is 1. The van der Waals surface area contributed by atoms with Gasteiger partial charge in [-0.1, -0.05) is 12.1 Å². The number of para-hydroxylation sites is 1. The fourth-order valence-corrected chi connectivity index (χ4v) is 2.19. The second-order valence-corrected chi connectivity index (χ2v) is 5.14. The summed E-state index contributed by atoms with van der Waals surface area (Å²) in [6.07, 6.45) is 1.47. The summed E-state index contributed by atoms with van der Waals surface area (Å²) in [6.45, 7) is 1.76. The first-order chi connectivity index (χ1) is 11.1. The Labute approximate surface area is 133 Å². The van der Waals surface area contributed by atoms with Crippen molar-refractivity contribution in [1.29, 1.82) is 0 Å². The highest BCUT2D eigenvalue weighted by Crippen LogP contribution is 2.19. The number of phenols is 1. The van der Waals surface area contributed by atoms with Gasteiger partial charge in [-0.2, -0.15) is 0 Å². The van der Waals surface area contributed by atoms with Gasteiger partial charge in [-0.05, 0) is 43.3 Å². The van der Waals surface area contributed by atoms with Gasteiger partial charge in [0.05, 0.1) is 5.52 Å². The lowest BCUT2D eigenvalue weighted by molar-refractivity contribution is -0.116. The van der Waals surface area contributed by atoms with E-state index in [1.54, 1.807) is 19.1 Å². The molecule has 1 amide bonds. The fourth-order valence-electron chi connectivity index (χ4n) is 2.19. The number of anilines is 2. The number of phenolic OH excluding ortho intramolecular Hbond substituents is 1. The summed E-state index contributed by atoms with van der Waals surface area (Å²) in [5, 5.41) is 16.0. The van der Waals surface area contributed by atoms with Crippen molar-refractivity contribution in [2.24, 2.45) is 0 Å². The number of rotatable bonds is 4. The topological polar surface area (TPSA) is 87.1 Å². The van der Waals surface area contributed by atoms with Crippen molar-refractivity contribution in [3.05, 3.63) is 54.9 Å². The highest BCUT2D eigenvalue weighted by Gasteiger charge is 2.15. The van der Waals surface area contributed by atoms with E-state index in [2.05, 4.69) is 20.6 Å². The van der Waals surface area contributed by atoms with Gasteiger partial charge in [-0.15, -0.1) is 0 Å². The summed E-state index contributed by atoms with van der Waals surface area (Å²) < 4.78 is 0. The van der Waals surface area contributed by atoms with Gasteiger partial charge < -0.3 is 15.7 Å². The molecule has 0 radical (unpaired) electrons. The molecule has 3 aromatic rings. The van der Waals surface area contributed by atoms with Crippen LogP contribution in [0.25, 0.3) is 10.9 Å². The lowest BCUT2D eigenvalue weighted by Gasteiger charge is -2.15. The minimum Gasteiger partial charge on any atom is -0.508 e. The molecule has 6 heteroatoms. The van der Waals surface area contributed by atoms with Crippen LogP contribution in [0.3, 0.4) is 0 Å². The monoisotopic (exact) mass is 308 g/mol. The van der Waals surface area contributed by atoms with Crippen LogP contribution in [-0.2, 0) is 4.79 Å². The standard InChI is InChI=1S/C17H16N4O2/c1-11(17(23)21-12-6-8-13(22)9-7-12)20-16-14-4-2-3-5-15(14)18-10-19-16/h2-11,22H,1H3,(H,21,23)(H,18,19,20). The van der Waals surface area contributed by atoms with Gasteiger partial charge in [0.1, 0.15) is 23.9 Å². The fraction of sp³-hybridized carbons (Fsp3) is 0.118. The van der Waals surface area contributed by atoms with Crippen LogP contribution in [0.4, 0.5) is 11.5 Å². The molecule has 0 spiro atoms. The molecule has 1 heterocycles. The van der Waals surface area contributed by atoms with Gasteiger partial charge >= 0.3 is 0 Å². The summed E-state index contributed by atoms with van der Waals surface area (Å²) in [5.41, 5.74) is 1.44. The third kappa shape index (κ3) is 3.37. The number of benzene rings is 2. The summed E-state index contributed by atoms with van der Waals surface area (Å²) in [5.74, 6) is 0.573. The van der Waals surface area contributed by atoms with E-state index in [-0.39, 0.29) is 11.7 Å². The van der Waals surface area contributed by atoms with Crippen LogP contribution in [-0.4, -0.2) is 27.0 Å². The van der Waals surface area contributed by atoms with Gasteiger partial charge in [0.15, 0.2) is 0 Å². The van der Waals surface area contributed by atoms with Crippen molar-refractivity contribution < 1.29 is 9.90 Å². The van der Waals surface area contributed by atoms with E-state index in [1.165, 1.54) is 18.5 Å². The maximum absolute atomic E-state index is 12.3. The summed E-state index contributed by atoms with van der Waals surface area (Å²) >= 11 is 0. The number of carbonyl (C=O) groups excluding carboxylic acids is 1. The minimum absolute atomic E-state index is 0.154. The molecule has 6 nitrogen and oxygen atoms in total. The van der Waals surface area contributed by atoms with E-state index < -0.39 is 6.04 Å². The average molecular weight is 308 g/mol. The summed E-state index contributed by atoms with van der Waals surface area (Å²) in [7, 11) is 0. The van der Waals surface area contributed by atoms with Gasteiger partial charge in [-0.3, -0.25) is 4.79 Å². The van der Waals surface area contributed by atoms with Crippen LogP contribution in [0.15, 0.2) is 54.9 Å². The van der Waals surface area contributed by atoms with Crippen molar-refractivity contribution in [3.8, 4) is 5.75 Å². The second-order valence-electron chi connectivity index (χ2n) is 5.14. The Bertz CT molecular complexity index is 828. The number of fused-ring (bicyclic) bond motifs is 1. The largest absolute Gasteiger partial charge is 0.508 e. The molecule has 3 rings (SSSR count). The highest BCUT2D eigenvalue weighted by atomic mass is 16.3. The molecule has 1 atom stereocenters. The predicted octanol–water partition coefficient (Wildman–Crippen LogP) is 2.77. The quantitative estimate of drug-likeness (QED) is 0.645. The summed E-state index contributed by atoms with van der Waals surface area (Å²) in [4.78, 5) is 20.7. The molecule has 116 valence electrons. The number of nitrogens with one attached hydrogen (secondary N) is 2. The maximum Gasteiger partial charge on any atom is 0.246 e. The smallest absolute Gasteiger partial charge is 0.246 e. The second kappa shape index (κ2) is 6.31. The molecule has 0 saturated heterocycles. The van der Waals surface area contributed by atoms with E-state index in [9.17, 15) is 9.90 Å². The van der Waals surface area contributed by atoms with E-state index in [4.69, 9.17) is 0 Å². The minimum atomic E-state index is -0.484. The van der Waals surface area contributed by atoms with Crippen LogP contribution in [0.5, 0.6) is 5.75 Å². The molecule has 0 aliphatic carbocycles. The molecular weight excluding hydrogens is 292 g/mol. The van der Waals surface area contributed by atoms with E-state index >= 15 is 0 Å². The molecule has 0 bridgehead atoms. The number of hydrogen-bond acceptors (Lipinski definition) is 5. The van der Waals surface area contributed by atoms with Crippen molar-refractivity contribution in [2.45, 2.75) is 13.0 Å². The van der Waals surface area contributed by atoms with Crippen LogP contribution in [0.2, 0.25) is 0 Å². The molecule has 1 unspecified atom stereocenters. The molecule has 0 aliphatic heterocycles. The number of hydrogen-bond donors (Lipinski definition) is 3. The van der Waals surface area contributed by atoms with Gasteiger partial charge in [0, 0.05) is 11.1 Å². The Morgan fingerprint density at radius 1 is 1.09 bits per heavy atom. The zero-order valence-electron chi connectivity index (χ0n) is 12.5. The van der Waals surface area contributed by atoms with Crippen LogP contribution < -0.4 is 10.6 Å². The van der Waals surface area contributed by atoms with Gasteiger partial charge in [0.2, 0.25) is 5.91 Å². The first kappa shape index (κ1) is 14.8. The molecular formula is C17H16N4O2. The average Bonchev–Trinajstić information content (AvgIpc) is 2.57. The van der Waals surface area contributed by atoms with Crippen molar-refractivity contribution in [1.82, 2.24) is 9.97 Å². The Morgan fingerprint density at radius 2 is 1.83 bits per heavy atom. The Balaban J connectivity index is 1.73. The van der Waals surface area contributed by atoms with Crippen LogP contribution >= 0.6 is 0 Å². The van der Waals surface area contributed by atoms with Crippen molar-refractivity contribution in [2.75, 3.05) is 10.6 Å². The molecule has 0 saturated carbocycles. The normalized spacial score (nSPS) is 11.9. The van der Waals surface area contributed by atoms with Crippen molar-refractivity contribution >= 4 is 28.3 Å². The van der Waals surface area contributed by atoms with Gasteiger partial charge in [0.25, 0.3) is 0 Å². The Kier molecular flexibility index (Phi) is 4.05. The van der Waals surface area contributed by atoms with E-state index in [1.807, 2.05) is 24.3 Å². The third-order valence-electron chi connectivity index (χ3n) is 3.42. The van der Waals surface area contributed by atoms with E-state index in [0.29, 0.717) is 11.5 Å². The highest BCUT2D eigenvalue weighted by molar-refractivity contribution is 5.98. The first-order valence-electron chi connectivity index (χ1n) is 7.19. The van der Waals surface area contributed by atoms with Crippen LogP contribution in [0, 0.1) is 0 Å². The zero-order chi connectivity index (χ0) is 16.2. The van der Waals surface area contributed by atoms with E-state index in [0.717, 1.165) is 10.9 Å². The summed E-state index contributed by atoms with van der Waals surface area (Å²) in [6, 6.07) is 13.4. The number of aromatic nitrogens is 2. The lowest BCUT2D eigenvalue weighted by Crippen LogP contribution is -2.32. The van der Waals surface area contributed by atoms with Crippen LogP contribution in [0.1, 0.15) is 6.92 Å². The Morgan fingerprint density at radius 3 is 2.61 bits per heavy atom. The number of carbonyl (C=O) groups is 1. The van der Waals surface area contributed by atoms with Gasteiger partial charge in [-0.25, -0.2) is 9.97 Å². The third-order valence-corrected chi connectivity index (χ3v) is 3.42.